The molecule has 118 valence electrons. The molecule has 1 aromatic carbocycles. The first-order valence-electron chi connectivity index (χ1n) is 7.95. The number of hydrazone groups is 1. The predicted octanol–water partition coefficient (Wildman–Crippen LogP) is 2.48. The molecule has 0 bridgehead atoms. The maximum absolute atomic E-state index is 7.24. The van der Waals surface area contributed by atoms with E-state index in [1.165, 1.54) is 12.6 Å². The Balaban J connectivity index is 1.87. The summed E-state index contributed by atoms with van der Waals surface area (Å²) in [7, 11) is 1.70. The van der Waals surface area contributed by atoms with Crippen LogP contribution in [-0.2, 0) is 6.42 Å². The fourth-order valence-corrected chi connectivity index (χ4v) is 3.52. The summed E-state index contributed by atoms with van der Waals surface area (Å²) in [6.07, 6.45) is 4.27. The highest BCUT2D eigenvalue weighted by Crippen LogP contribution is 2.36. The molecule has 0 aliphatic carbocycles. The zero-order valence-corrected chi connectivity index (χ0v) is 13.2. The number of ether oxygens (including phenoxy) is 1. The van der Waals surface area contributed by atoms with Gasteiger partial charge >= 0.3 is 0 Å². The highest BCUT2D eigenvalue weighted by molar-refractivity contribution is 5.86. The van der Waals surface area contributed by atoms with Crippen molar-refractivity contribution in [1.29, 1.82) is 5.41 Å². The molecule has 0 amide bonds. The van der Waals surface area contributed by atoms with Gasteiger partial charge in [-0.15, -0.1) is 0 Å². The van der Waals surface area contributed by atoms with Gasteiger partial charge in [-0.2, -0.15) is 5.10 Å². The van der Waals surface area contributed by atoms with E-state index in [4.69, 9.17) is 10.1 Å². The van der Waals surface area contributed by atoms with Gasteiger partial charge in [0.1, 0.15) is 11.6 Å². The van der Waals surface area contributed by atoms with Crippen LogP contribution in [0, 0.1) is 17.2 Å². The maximum Gasteiger partial charge on any atom is 0.125 e. The Morgan fingerprint density at radius 3 is 3.09 bits per heavy atom. The van der Waals surface area contributed by atoms with Crippen LogP contribution in [-0.4, -0.2) is 25.7 Å². The summed E-state index contributed by atoms with van der Waals surface area (Å²) in [5.41, 5.74) is 5.57. The largest absolute Gasteiger partial charge is 0.496 e. The van der Waals surface area contributed by atoms with Crippen LogP contribution >= 0.6 is 0 Å². The first-order chi connectivity index (χ1) is 10.7. The standard InChI is InChI=1S/C17H24N4O/c1-11-9-15(20-21-17-13(11)6-8-19-17)14-4-3-12(5-7-18)10-16(14)22-2/h3-4,7,10-11,13,15,18,20H,5-6,8-9H2,1-2H3,(H,19,21)/t11-,13?,15-/m0/s1. The SMILES string of the molecule is COc1cc(CC=N)ccc1[C@@H]1C[C@H](C)C2CCNC2=NN1. The second-order valence-corrected chi connectivity index (χ2v) is 6.20. The lowest BCUT2D eigenvalue weighted by Gasteiger charge is -2.22. The van der Waals surface area contributed by atoms with E-state index in [0.29, 0.717) is 18.3 Å². The Labute approximate surface area is 131 Å². The molecule has 5 nitrogen and oxygen atoms in total. The molecule has 2 aliphatic heterocycles. The lowest BCUT2D eigenvalue weighted by Crippen LogP contribution is -2.23. The molecule has 1 aromatic rings. The molecule has 1 saturated heterocycles. The van der Waals surface area contributed by atoms with Crippen molar-refractivity contribution in [2.45, 2.75) is 32.2 Å². The lowest BCUT2D eigenvalue weighted by atomic mass is 9.85. The van der Waals surface area contributed by atoms with Gasteiger partial charge < -0.3 is 20.9 Å². The van der Waals surface area contributed by atoms with Crippen LogP contribution in [0.25, 0.3) is 0 Å². The topological polar surface area (TPSA) is 69.5 Å². The van der Waals surface area contributed by atoms with E-state index in [0.717, 1.165) is 35.7 Å². The molecule has 5 heteroatoms. The third-order valence-corrected chi connectivity index (χ3v) is 4.76. The monoisotopic (exact) mass is 300 g/mol. The van der Waals surface area contributed by atoms with Crippen LogP contribution in [0.5, 0.6) is 5.75 Å². The average Bonchev–Trinajstić information content (AvgIpc) is 2.94. The number of methoxy groups -OCH3 is 1. The number of fused-ring (bicyclic) bond motifs is 1. The Morgan fingerprint density at radius 2 is 2.32 bits per heavy atom. The molecule has 0 radical (unpaired) electrons. The second kappa shape index (κ2) is 6.38. The van der Waals surface area contributed by atoms with Crippen molar-refractivity contribution in [2.24, 2.45) is 16.9 Å². The van der Waals surface area contributed by atoms with Gasteiger partial charge in [-0.05, 0) is 36.6 Å². The molecular formula is C17H24N4O. The number of hydrogen-bond donors (Lipinski definition) is 3. The summed E-state index contributed by atoms with van der Waals surface area (Å²) in [4.78, 5) is 0. The first-order valence-corrected chi connectivity index (χ1v) is 7.95. The minimum Gasteiger partial charge on any atom is -0.496 e. The summed E-state index contributed by atoms with van der Waals surface area (Å²) in [6.45, 7) is 3.34. The van der Waals surface area contributed by atoms with E-state index < -0.39 is 0 Å². The number of amidine groups is 1. The number of benzene rings is 1. The van der Waals surface area contributed by atoms with Gasteiger partial charge in [0.15, 0.2) is 0 Å². The Hall–Kier alpha value is -2.04. The number of nitrogens with zero attached hydrogens (tertiary/aromatic N) is 1. The van der Waals surface area contributed by atoms with E-state index in [9.17, 15) is 0 Å². The molecule has 3 rings (SSSR count). The highest BCUT2D eigenvalue weighted by atomic mass is 16.5. The molecule has 2 heterocycles. The summed E-state index contributed by atoms with van der Waals surface area (Å²) in [5, 5.41) is 15.2. The normalized spacial score (nSPS) is 27.0. The van der Waals surface area contributed by atoms with Crippen molar-refractivity contribution in [3.63, 3.8) is 0 Å². The lowest BCUT2D eigenvalue weighted by molar-refractivity contribution is 0.359. The molecule has 0 spiro atoms. The van der Waals surface area contributed by atoms with E-state index in [-0.39, 0.29) is 6.04 Å². The molecular weight excluding hydrogens is 276 g/mol. The van der Waals surface area contributed by atoms with Crippen LogP contribution in [0.15, 0.2) is 23.3 Å². The van der Waals surface area contributed by atoms with E-state index >= 15 is 0 Å². The number of hydrogen-bond acceptors (Lipinski definition) is 5. The van der Waals surface area contributed by atoms with E-state index in [1.807, 2.05) is 6.07 Å². The zero-order chi connectivity index (χ0) is 15.5. The summed E-state index contributed by atoms with van der Waals surface area (Å²) in [5.74, 6) is 3.11. The number of nitrogens with one attached hydrogen (secondary N) is 3. The van der Waals surface area contributed by atoms with Gasteiger partial charge in [0, 0.05) is 24.4 Å². The van der Waals surface area contributed by atoms with Crippen molar-refractivity contribution in [1.82, 2.24) is 10.7 Å². The molecule has 1 fully saturated rings. The van der Waals surface area contributed by atoms with Crippen molar-refractivity contribution >= 4 is 12.1 Å². The zero-order valence-electron chi connectivity index (χ0n) is 13.2. The van der Waals surface area contributed by atoms with Gasteiger partial charge in [0.2, 0.25) is 0 Å². The molecule has 1 unspecified atom stereocenters. The van der Waals surface area contributed by atoms with Crippen molar-refractivity contribution < 1.29 is 4.74 Å². The van der Waals surface area contributed by atoms with Gasteiger partial charge in [0.05, 0.1) is 13.2 Å². The fourth-order valence-electron chi connectivity index (χ4n) is 3.52. The molecule has 2 aliphatic rings. The van der Waals surface area contributed by atoms with Crippen molar-refractivity contribution in [3.8, 4) is 5.75 Å². The minimum atomic E-state index is 0.166. The van der Waals surface area contributed by atoms with Crippen LogP contribution in [0.2, 0.25) is 0 Å². The Kier molecular flexibility index (Phi) is 4.32. The summed E-state index contributed by atoms with van der Waals surface area (Å²) in [6, 6.07) is 6.38. The predicted molar refractivity (Wildman–Crippen MR) is 88.7 cm³/mol. The fraction of sp³-hybridized carbons (Fsp3) is 0.529. The molecule has 22 heavy (non-hydrogen) atoms. The van der Waals surface area contributed by atoms with Crippen molar-refractivity contribution in [2.75, 3.05) is 13.7 Å². The average molecular weight is 300 g/mol. The highest BCUT2D eigenvalue weighted by Gasteiger charge is 2.33. The summed E-state index contributed by atoms with van der Waals surface area (Å²) < 4.78 is 5.58. The maximum atomic E-state index is 7.24. The quantitative estimate of drug-likeness (QED) is 0.748. The third kappa shape index (κ3) is 2.80. The van der Waals surface area contributed by atoms with E-state index in [1.54, 1.807) is 7.11 Å². The number of rotatable bonds is 4. The Bertz CT molecular complexity index is 584. The molecule has 0 aromatic heterocycles. The van der Waals surface area contributed by atoms with E-state index in [2.05, 4.69) is 34.9 Å². The van der Waals surface area contributed by atoms with Crippen LogP contribution in [0.1, 0.15) is 36.9 Å². The van der Waals surface area contributed by atoms with Crippen molar-refractivity contribution in [3.05, 3.63) is 29.3 Å². The molecule has 0 saturated carbocycles. The smallest absolute Gasteiger partial charge is 0.125 e. The molecule has 3 atom stereocenters. The van der Waals surface area contributed by atoms with Gasteiger partial charge in [-0.3, -0.25) is 0 Å². The minimum absolute atomic E-state index is 0.166. The van der Waals surface area contributed by atoms with Crippen LogP contribution in [0.4, 0.5) is 0 Å². The Morgan fingerprint density at radius 1 is 1.45 bits per heavy atom. The third-order valence-electron chi connectivity index (χ3n) is 4.76. The first kappa shape index (κ1) is 14.9. The van der Waals surface area contributed by atoms with Crippen LogP contribution in [0.3, 0.4) is 0 Å². The van der Waals surface area contributed by atoms with Gasteiger partial charge in [-0.1, -0.05) is 19.1 Å². The van der Waals surface area contributed by atoms with Crippen LogP contribution < -0.4 is 15.5 Å². The summed E-state index contributed by atoms with van der Waals surface area (Å²) >= 11 is 0. The second-order valence-electron chi connectivity index (χ2n) is 6.20. The van der Waals surface area contributed by atoms with Gasteiger partial charge in [0.25, 0.3) is 0 Å². The van der Waals surface area contributed by atoms with Gasteiger partial charge in [-0.25, -0.2) is 0 Å². The molecule has 3 N–H and O–H groups in total.